The molecule has 0 fully saturated rings. The van der Waals surface area contributed by atoms with Crippen molar-refractivity contribution in [3.63, 3.8) is 0 Å². The normalized spacial score (nSPS) is 12.1. The monoisotopic (exact) mass is 520 g/mol. The van der Waals surface area contributed by atoms with Crippen LogP contribution in [0.25, 0.3) is 0 Å². The molecular weight excluding hydrogens is 493 g/mol. The molecule has 0 saturated carbocycles. The van der Waals surface area contributed by atoms with Crippen molar-refractivity contribution in [3.8, 4) is 0 Å². The third kappa shape index (κ3) is 9.44. The van der Waals surface area contributed by atoms with Crippen molar-refractivity contribution in [2.45, 2.75) is 69.8 Å². The molecule has 0 amide bonds. The fourth-order valence-corrected chi connectivity index (χ4v) is 3.27. The summed E-state index contributed by atoms with van der Waals surface area (Å²) < 4.78 is 37.9. The van der Waals surface area contributed by atoms with Gasteiger partial charge in [0.05, 0.1) is 11.1 Å². The molecule has 2 N–H and O–H groups in total. The molecule has 0 heterocycles. The minimum atomic E-state index is -4.77. The molecule has 0 aromatic heterocycles. The van der Waals surface area contributed by atoms with E-state index in [0.29, 0.717) is 12.8 Å². The topological polar surface area (TPSA) is 118 Å². The van der Waals surface area contributed by atoms with Gasteiger partial charge in [0.25, 0.3) is 10.1 Å². The molecule has 1 aromatic carbocycles. The Morgan fingerprint density at radius 2 is 1.67 bits per heavy atom. The molecule has 0 saturated heterocycles. The number of ether oxygens (including phenoxy) is 1. The van der Waals surface area contributed by atoms with Crippen LogP contribution in [0.1, 0.15) is 79.5 Å². The molecule has 1 aromatic rings. The predicted molar refractivity (Wildman–Crippen MR) is 103 cm³/mol. The Hall–Kier alpha value is 0.122. The SMILES string of the molecule is CCCCCC(CCCC)OC(=O)c1ccc(C(=O)O)cc1S(=O)(=O)O.[CsH]. The Bertz CT molecular complexity index is 731. The number of carbonyl (C=O) groups excluding carboxylic acids is 1. The molecule has 0 radical (unpaired) electrons. The summed E-state index contributed by atoms with van der Waals surface area (Å²) >= 11 is 0. The number of rotatable bonds is 11. The van der Waals surface area contributed by atoms with E-state index in [4.69, 9.17) is 9.84 Å². The first kappa shape index (κ1) is 27.1. The van der Waals surface area contributed by atoms with Gasteiger partial charge in [0.15, 0.2) is 0 Å². The average Bonchev–Trinajstić information content (AvgIpc) is 2.58. The second-order valence-electron chi connectivity index (χ2n) is 6.16. The molecule has 0 aliphatic rings. The van der Waals surface area contributed by atoms with Gasteiger partial charge in [-0.25, -0.2) is 9.59 Å². The van der Waals surface area contributed by atoms with Gasteiger partial charge in [0, 0.05) is 0 Å². The zero-order valence-electron chi connectivity index (χ0n) is 15.1. The third-order valence-corrected chi connectivity index (χ3v) is 4.90. The molecule has 0 bridgehead atoms. The number of esters is 1. The van der Waals surface area contributed by atoms with E-state index in [-0.39, 0.29) is 86.1 Å². The Labute approximate surface area is 219 Å². The standard InChI is InChI=1S/C18H26O7S.Cs.H/c1-3-5-7-9-14(8-6-4-2)25-18(21)15-11-10-13(17(19)20)12-16(15)26(22,23)24;;/h10-12,14H,3-9H2,1-2H3,(H,19,20)(H,22,23,24);;. The number of aromatic carboxylic acids is 1. The number of carboxylic acid groups (broad SMARTS) is 1. The molecule has 1 atom stereocenters. The summed E-state index contributed by atoms with van der Waals surface area (Å²) in [7, 11) is -4.77. The summed E-state index contributed by atoms with van der Waals surface area (Å²) in [6, 6.07) is 2.91. The fourth-order valence-electron chi connectivity index (χ4n) is 2.57. The van der Waals surface area contributed by atoms with E-state index in [1.54, 1.807) is 0 Å². The molecule has 1 unspecified atom stereocenters. The van der Waals surface area contributed by atoms with Gasteiger partial charge in [0.1, 0.15) is 11.0 Å². The molecule has 7 nitrogen and oxygen atoms in total. The Kier molecular flexibility index (Phi) is 13.4. The number of carbonyl (C=O) groups is 2. The van der Waals surface area contributed by atoms with Gasteiger partial charge in [-0.2, -0.15) is 8.42 Å². The first-order valence-corrected chi connectivity index (χ1v) is 10.2. The first-order valence-electron chi connectivity index (χ1n) is 8.76. The zero-order valence-corrected chi connectivity index (χ0v) is 15.9. The molecule has 27 heavy (non-hydrogen) atoms. The number of benzene rings is 1. The quantitative estimate of drug-likeness (QED) is 0.261. The summed E-state index contributed by atoms with van der Waals surface area (Å²) in [6.45, 7) is 4.08. The van der Waals surface area contributed by atoms with Crippen LogP contribution in [0.4, 0.5) is 0 Å². The average molecular weight is 520 g/mol. The molecule has 9 heteroatoms. The van der Waals surface area contributed by atoms with E-state index in [1.807, 2.05) is 6.92 Å². The molecule has 0 spiro atoms. The van der Waals surface area contributed by atoms with Crippen LogP contribution < -0.4 is 0 Å². The first-order chi connectivity index (χ1) is 12.2. The van der Waals surface area contributed by atoms with Crippen LogP contribution in [0.15, 0.2) is 23.1 Å². The van der Waals surface area contributed by atoms with E-state index in [9.17, 15) is 22.6 Å². The third-order valence-electron chi connectivity index (χ3n) is 4.01. The van der Waals surface area contributed by atoms with E-state index in [2.05, 4.69) is 6.92 Å². The van der Waals surface area contributed by atoms with Crippen molar-refractivity contribution < 1.29 is 32.4 Å². The molecular formula is C18H27CsO7S. The number of hydrogen-bond acceptors (Lipinski definition) is 5. The fraction of sp³-hybridized carbons (Fsp3) is 0.556. The maximum atomic E-state index is 12.5. The molecule has 1 rings (SSSR count). The van der Waals surface area contributed by atoms with E-state index in [0.717, 1.165) is 50.3 Å². The van der Waals surface area contributed by atoms with Gasteiger partial charge in [0.2, 0.25) is 0 Å². The molecule has 148 valence electrons. The number of hydrogen-bond donors (Lipinski definition) is 2. The second-order valence-corrected chi connectivity index (χ2v) is 7.55. The van der Waals surface area contributed by atoms with Gasteiger partial charge in [-0.1, -0.05) is 39.5 Å². The van der Waals surface area contributed by atoms with Crippen molar-refractivity contribution in [2.24, 2.45) is 0 Å². The second kappa shape index (κ2) is 13.4. The van der Waals surface area contributed by atoms with Crippen molar-refractivity contribution in [1.29, 1.82) is 0 Å². The van der Waals surface area contributed by atoms with Gasteiger partial charge in [-0.3, -0.25) is 4.55 Å². The van der Waals surface area contributed by atoms with Crippen LogP contribution in [0.5, 0.6) is 0 Å². The van der Waals surface area contributed by atoms with Gasteiger partial charge < -0.3 is 9.84 Å². The van der Waals surface area contributed by atoms with Crippen molar-refractivity contribution in [3.05, 3.63) is 29.3 Å². The maximum absolute atomic E-state index is 12.5. The van der Waals surface area contributed by atoms with E-state index in [1.165, 1.54) is 0 Å². The Balaban J connectivity index is 0.00000676. The zero-order chi connectivity index (χ0) is 19.7. The van der Waals surface area contributed by atoms with E-state index >= 15 is 0 Å². The number of unbranched alkanes of at least 4 members (excludes halogenated alkanes) is 3. The minimum absolute atomic E-state index is 0. The van der Waals surface area contributed by atoms with Crippen LogP contribution in [-0.2, 0) is 14.9 Å². The summed E-state index contributed by atoms with van der Waals surface area (Å²) in [5.74, 6) is -2.25. The molecule has 0 aliphatic carbocycles. The van der Waals surface area contributed by atoms with Gasteiger partial charge >= 0.3 is 80.8 Å². The number of carboxylic acids is 1. The van der Waals surface area contributed by atoms with Crippen molar-refractivity contribution >= 4 is 91.0 Å². The summed E-state index contributed by atoms with van der Waals surface area (Å²) in [5, 5.41) is 8.97. The predicted octanol–water partition coefficient (Wildman–Crippen LogP) is 3.28. The van der Waals surface area contributed by atoms with Crippen LogP contribution in [-0.4, -0.2) is 105 Å². The van der Waals surface area contributed by atoms with Crippen molar-refractivity contribution in [2.75, 3.05) is 0 Å². The Morgan fingerprint density at radius 3 is 2.19 bits per heavy atom. The van der Waals surface area contributed by atoms with Crippen LogP contribution in [0, 0.1) is 0 Å². The summed E-state index contributed by atoms with van der Waals surface area (Å²) in [6.07, 6.45) is 5.72. The Morgan fingerprint density at radius 1 is 1.07 bits per heavy atom. The summed E-state index contributed by atoms with van der Waals surface area (Å²) in [4.78, 5) is 22.7. The van der Waals surface area contributed by atoms with Crippen molar-refractivity contribution in [1.82, 2.24) is 0 Å². The van der Waals surface area contributed by atoms with Crippen LogP contribution in [0.3, 0.4) is 0 Å². The molecule has 0 aliphatic heterocycles. The summed E-state index contributed by atoms with van der Waals surface area (Å²) in [5.41, 5.74) is -0.714. The van der Waals surface area contributed by atoms with Crippen LogP contribution >= 0.6 is 0 Å². The van der Waals surface area contributed by atoms with Gasteiger partial charge in [-0.15, -0.1) is 0 Å². The van der Waals surface area contributed by atoms with E-state index < -0.39 is 27.0 Å². The van der Waals surface area contributed by atoms with Gasteiger partial charge in [-0.05, 0) is 37.5 Å². The van der Waals surface area contributed by atoms with Crippen LogP contribution in [0.2, 0.25) is 0 Å².